The van der Waals surface area contributed by atoms with E-state index in [0.29, 0.717) is 13.1 Å². The molecule has 1 fully saturated rings. The Labute approximate surface area is 203 Å². The molecule has 2 amide bonds. The first-order chi connectivity index (χ1) is 16.7. The summed E-state index contributed by atoms with van der Waals surface area (Å²) in [5.74, 6) is 0.702. The van der Waals surface area contributed by atoms with Gasteiger partial charge in [-0.1, -0.05) is 72.8 Å². The lowest BCUT2D eigenvalue weighted by molar-refractivity contribution is -0.141. The molecule has 0 atom stereocenters. The van der Waals surface area contributed by atoms with E-state index >= 15 is 0 Å². The molecule has 0 saturated heterocycles. The van der Waals surface area contributed by atoms with Gasteiger partial charge >= 0.3 is 0 Å². The number of benzene rings is 2. The van der Waals surface area contributed by atoms with Crippen molar-refractivity contribution in [2.75, 3.05) is 26.2 Å². The van der Waals surface area contributed by atoms with E-state index in [9.17, 15) is 9.59 Å². The van der Waals surface area contributed by atoms with E-state index in [0.717, 1.165) is 51.6 Å². The molecule has 1 saturated carbocycles. The summed E-state index contributed by atoms with van der Waals surface area (Å²) in [6.45, 7) is 2.99. The lowest BCUT2D eigenvalue weighted by atomic mass is 9.80. The summed E-state index contributed by atoms with van der Waals surface area (Å²) in [5, 5.41) is 0. The van der Waals surface area contributed by atoms with Gasteiger partial charge < -0.3 is 9.80 Å². The fourth-order valence-corrected chi connectivity index (χ4v) is 5.67. The van der Waals surface area contributed by atoms with Crippen molar-refractivity contribution in [1.29, 1.82) is 0 Å². The van der Waals surface area contributed by atoms with Crippen molar-refractivity contribution in [3.63, 3.8) is 0 Å². The molecule has 3 aliphatic rings. The predicted octanol–water partition coefficient (Wildman–Crippen LogP) is 5.42. The number of rotatable bonds is 4. The summed E-state index contributed by atoms with van der Waals surface area (Å²) in [6, 6.07) is 20.9. The van der Waals surface area contributed by atoms with Crippen LogP contribution in [0.3, 0.4) is 0 Å². The van der Waals surface area contributed by atoms with Crippen molar-refractivity contribution in [3.05, 3.63) is 83.9 Å². The molecular formula is C30H34N2O2. The minimum absolute atomic E-state index is 0.0710. The molecule has 4 heteroatoms. The van der Waals surface area contributed by atoms with Crippen LogP contribution in [0.2, 0.25) is 0 Å². The van der Waals surface area contributed by atoms with Gasteiger partial charge in [0.05, 0.1) is 0 Å². The first kappa shape index (κ1) is 22.6. The van der Waals surface area contributed by atoms with Crippen LogP contribution in [0, 0.1) is 11.8 Å². The number of amides is 2. The number of hydrogen-bond acceptors (Lipinski definition) is 2. The van der Waals surface area contributed by atoms with Crippen LogP contribution in [0.15, 0.2) is 72.8 Å². The Morgan fingerprint density at radius 1 is 0.588 bits per heavy atom. The molecule has 4 nitrogen and oxygen atoms in total. The molecule has 2 aromatic rings. The van der Waals surface area contributed by atoms with Crippen LogP contribution in [-0.2, 0) is 9.59 Å². The Balaban J connectivity index is 1.10. The quantitative estimate of drug-likeness (QED) is 0.619. The molecule has 0 bridgehead atoms. The highest BCUT2D eigenvalue weighted by molar-refractivity contribution is 5.83. The van der Waals surface area contributed by atoms with Gasteiger partial charge in [0.2, 0.25) is 11.8 Å². The molecule has 176 valence electrons. The van der Waals surface area contributed by atoms with Crippen LogP contribution in [0.25, 0.3) is 11.1 Å². The van der Waals surface area contributed by atoms with E-state index in [1.165, 1.54) is 22.3 Å². The summed E-state index contributed by atoms with van der Waals surface area (Å²) in [4.78, 5) is 30.3. The third-order valence-electron chi connectivity index (χ3n) is 7.76. The lowest BCUT2D eigenvalue weighted by Gasteiger charge is -2.35. The van der Waals surface area contributed by atoms with Gasteiger partial charge in [-0.25, -0.2) is 0 Å². The standard InChI is InChI=1S/C30H34N2O2/c33-29(31-19-15-25(16-20-31)23-7-3-1-4-8-23)27-11-13-28(14-12-27)30(34)32-21-17-26(18-22-32)24-9-5-2-6-10-24/h1-10,15,17,27-28H,11-14,16,18-22H2. The Hall–Kier alpha value is -3.14. The van der Waals surface area contributed by atoms with E-state index in [-0.39, 0.29) is 23.7 Å². The van der Waals surface area contributed by atoms with Crippen LogP contribution < -0.4 is 0 Å². The monoisotopic (exact) mass is 454 g/mol. The predicted molar refractivity (Wildman–Crippen MR) is 137 cm³/mol. The minimum Gasteiger partial charge on any atom is -0.338 e. The summed E-state index contributed by atoms with van der Waals surface area (Å²) >= 11 is 0. The Morgan fingerprint density at radius 2 is 0.971 bits per heavy atom. The van der Waals surface area contributed by atoms with Gasteiger partial charge in [-0.05, 0) is 60.8 Å². The van der Waals surface area contributed by atoms with Crippen molar-refractivity contribution in [1.82, 2.24) is 9.80 Å². The van der Waals surface area contributed by atoms with Crippen LogP contribution in [0.5, 0.6) is 0 Å². The Bertz CT molecular complexity index is 978. The van der Waals surface area contributed by atoms with Crippen molar-refractivity contribution in [3.8, 4) is 0 Å². The van der Waals surface area contributed by atoms with Crippen LogP contribution in [0.4, 0.5) is 0 Å². The first-order valence-corrected chi connectivity index (χ1v) is 12.8. The maximum atomic E-state index is 13.1. The average molecular weight is 455 g/mol. The third kappa shape index (κ3) is 5.01. The van der Waals surface area contributed by atoms with E-state index in [1.54, 1.807) is 0 Å². The number of carbonyl (C=O) groups excluding carboxylic acids is 2. The highest BCUT2D eigenvalue weighted by atomic mass is 16.2. The topological polar surface area (TPSA) is 40.6 Å². The van der Waals surface area contributed by atoms with Gasteiger partial charge in [0, 0.05) is 38.0 Å². The summed E-state index contributed by atoms with van der Waals surface area (Å²) in [7, 11) is 0. The zero-order valence-corrected chi connectivity index (χ0v) is 19.9. The minimum atomic E-state index is 0.0710. The summed E-state index contributed by atoms with van der Waals surface area (Å²) in [6.07, 6.45) is 9.58. The normalized spacial score (nSPS) is 23.2. The number of carbonyl (C=O) groups is 2. The smallest absolute Gasteiger partial charge is 0.225 e. The van der Waals surface area contributed by atoms with Crippen LogP contribution >= 0.6 is 0 Å². The van der Waals surface area contributed by atoms with Gasteiger partial charge in [-0.3, -0.25) is 9.59 Å². The molecule has 34 heavy (non-hydrogen) atoms. The van der Waals surface area contributed by atoms with Crippen LogP contribution in [-0.4, -0.2) is 47.8 Å². The molecule has 2 heterocycles. The molecule has 0 unspecified atom stereocenters. The Morgan fingerprint density at radius 3 is 1.29 bits per heavy atom. The summed E-state index contributed by atoms with van der Waals surface area (Å²) in [5.41, 5.74) is 5.20. The SMILES string of the molecule is O=C(C1CCC(C(=O)N2CC=C(c3ccccc3)CC2)CC1)N1CC=C(c2ccccc2)CC1. The van der Waals surface area contributed by atoms with Gasteiger partial charge in [0.1, 0.15) is 0 Å². The van der Waals surface area contributed by atoms with E-state index in [4.69, 9.17) is 0 Å². The average Bonchev–Trinajstić information content (AvgIpc) is 2.93. The van der Waals surface area contributed by atoms with E-state index in [1.807, 2.05) is 21.9 Å². The molecule has 0 spiro atoms. The lowest BCUT2D eigenvalue weighted by Crippen LogP contribution is -2.43. The molecule has 0 N–H and O–H groups in total. The maximum absolute atomic E-state index is 13.1. The largest absolute Gasteiger partial charge is 0.338 e. The van der Waals surface area contributed by atoms with Gasteiger partial charge in [-0.2, -0.15) is 0 Å². The highest BCUT2D eigenvalue weighted by Gasteiger charge is 2.34. The highest BCUT2D eigenvalue weighted by Crippen LogP contribution is 2.33. The molecule has 0 radical (unpaired) electrons. The zero-order valence-electron chi connectivity index (χ0n) is 19.9. The van der Waals surface area contributed by atoms with Crippen LogP contribution in [0.1, 0.15) is 49.7 Å². The van der Waals surface area contributed by atoms with Crippen molar-refractivity contribution in [2.45, 2.75) is 38.5 Å². The third-order valence-corrected chi connectivity index (χ3v) is 7.76. The van der Waals surface area contributed by atoms with Crippen molar-refractivity contribution >= 4 is 23.0 Å². The van der Waals surface area contributed by atoms with Gasteiger partial charge in [-0.15, -0.1) is 0 Å². The molecule has 5 rings (SSSR count). The molecule has 2 aliphatic heterocycles. The van der Waals surface area contributed by atoms with Crippen molar-refractivity contribution in [2.24, 2.45) is 11.8 Å². The fraction of sp³-hybridized carbons (Fsp3) is 0.400. The first-order valence-electron chi connectivity index (χ1n) is 12.8. The molecule has 2 aromatic carbocycles. The fourth-order valence-electron chi connectivity index (χ4n) is 5.67. The maximum Gasteiger partial charge on any atom is 0.225 e. The van der Waals surface area contributed by atoms with Gasteiger partial charge in [0.25, 0.3) is 0 Å². The van der Waals surface area contributed by atoms with E-state index < -0.39 is 0 Å². The molecule has 1 aliphatic carbocycles. The Kier molecular flexibility index (Phi) is 6.94. The molecule has 0 aromatic heterocycles. The summed E-state index contributed by atoms with van der Waals surface area (Å²) < 4.78 is 0. The van der Waals surface area contributed by atoms with Crippen molar-refractivity contribution < 1.29 is 9.59 Å². The second-order valence-electron chi connectivity index (χ2n) is 9.81. The molecular weight excluding hydrogens is 420 g/mol. The number of hydrogen-bond donors (Lipinski definition) is 0. The van der Waals surface area contributed by atoms with E-state index in [2.05, 4.69) is 60.7 Å². The second kappa shape index (κ2) is 10.4. The zero-order chi connectivity index (χ0) is 23.3. The second-order valence-corrected chi connectivity index (χ2v) is 9.81. The van der Waals surface area contributed by atoms with Gasteiger partial charge in [0.15, 0.2) is 0 Å². The number of nitrogens with zero attached hydrogens (tertiary/aromatic N) is 2.